The van der Waals surface area contributed by atoms with E-state index in [0.29, 0.717) is 11.5 Å². The Balaban J connectivity index is 1.86. The minimum absolute atomic E-state index is 0.0260. The fourth-order valence-corrected chi connectivity index (χ4v) is 10.6. The summed E-state index contributed by atoms with van der Waals surface area (Å²) in [6, 6.07) is 0. The van der Waals surface area contributed by atoms with Crippen molar-refractivity contribution in [1.29, 1.82) is 0 Å². The van der Waals surface area contributed by atoms with Crippen LogP contribution < -0.4 is 5.48 Å². The van der Waals surface area contributed by atoms with E-state index in [-0.39, 0.29) is 33.7 Å². The molecular weight excluding hydrogens is 402 g/mol. The summed E-state index contributed by atoms with van der Waals surface area (Å²) in [6.07, 6.45) is 8.08. The lowest BCUT2D eigenvalue weighted by Gasteiger charge is -2.66. The highest BCUT2D eigenvalue weighted by Crippen LogP contribution is 2.69. The summed E-state index contributed by atoms with van der Waals surface area (Å²) in [4.78, 5) is 17.7. The minimum Gasteiger partial charge on any atom is -0.508 e. The van der Waals surface area contributed by atoms with Gasteiger partial charge in [0.2, 0.25) is 0 Å². The van der Waals surface area contributed by atoms with Crippen LogP contribution in [0.2, 0.25) is 0 Å². The fourth-order valence-electron chi connectivity index (χ4n) is 7.92. The Morgan fingerprint density at radius 2 is 1.83 bits per heavy atom. The largest absolute Gasteiger partial charge is 0.508 e. The summed E-state index contributed by atoms with van der Waals surface area (Å²) in [6.45, 7) is 9.13. The van der Waals surface area contributed by atoms with Crippen LogP contribution in [-0.2, 0) is 19.5 Å². The Morgan fingerprint density at radius 3 is 2.50 bits per heavy atom. The normalized spacial score (nSPS) is 43.9. The number of hydrogen-bond acceptors (Lipinski definition) is 5. The molecule has 0 aromatic carbocycles. The van der Waals surface area contributed by atoms with Crippen LogP contribution in [0.3, 0.4) is 0 Å². The smallest absolute Gasteiger partial charge is 0.271 e. The zero-order valence-electron chi connectivity index (χ0n) is 18.7. The van der Waals surface area contributed by atoms with E-state index < -0.39 is 26.9 Å². The molecule has 1 amide bonds. The maximum atomic E-state index is 13.5. The Hall–Kier alpha value is -1.34. The molecule has 7 heteroatoms. The van der Waals surface area contributed by atoms with Crippen LogP contribution in [0.15, 0.2) is 23.5 Å². The van der Waals surface area contributed by atoms with Crippen molar-refractivity contribution in [2.75, 3.05) is 12.9 Å². The molecule has 3 aliphatic carbocycles. The highest BCUT2D eigenvalue weighted by Gasteiger charge is 2.66. The van der Waals surface area contributed by atoms with Gasteiger partial charge in [0.25, 0.3) is 5.91 Å². The summed E-state index contributed by atoms with van der Waals surface area (Å²) >= 11 is 0. The molecule has 0 bridgehead atoms. The zero-order chi connectivity index (χ0) is 22.1. The Morgan fingerprint density at radius 1 is 1.13 bits per heavy atom. The standard InChI is InChI=1S/C23H35NO5S/c1-21(2)8-6-9-22(3)17(21)7-10-23(4)18(22)13-30(27,28)16-12-14(25)11-15(19(16)23)20(26)24-29-5/h11-12,16-19,25H,6-10,13H2,1-5H3,(H,24,26)/t16?,17-,18+,19?,22-,23+/m0/s1. The van der Waals surface area contributed by atoms with E-state index in [4.69, 9.17) is 4.84 Å². The summed E-state index contributed by atoms with van der Waals surface area (Å²) in [5.74, 6) is -0.563. The van der Waals surface area contributed by atoms with Gasteiger partial charge in [0.05, 0.1) is 18.1 Å². The van der Waals surface area contributed by atoms with Crippen molar-refractivity contribution in [2.45, 2.75) is 65.0 Å². The number of hydroxylamine groups is 1. The molecule has 4 aliphatic rings. The Bertz CT molecular complexity index is 920. The fraction of sp³-hybridized carbons (Fsp3) is 0.783. The molecule has 1 saturated heterocycles. The number of nitrogens with one attached hydrogen (secondary N) is 1. The number of carbonyl (C=O) groups excluding carboxylic acids is 1. The van der Waals surface area contributed by atoms with Crippen molar-refractivity contribution in [3.05, 3.63) is 23.5 Å². The predicted molar refractivity (Wildman–Crippen MR) is 115 cm³/mol. The molecule has 30 heavy (non-hydrogen) atoms. The van der Waals surface area contributed by atoms with E-state index in [1.54, 1.807) is 0 Å². The van der Waals surface area contributed by atoms with Crippen molar-refractivity contribution in [2.24, 2.45) is 34.0 Å². The summed E-state index contributed by atoms with van der Waals surface area (Å²) in [5, 5.41) is 9.38. The summed E-state index contributed by atoms with van der Waals surface area (Å²) < 4.78 is 27.0. The average Bonchev–Trinajstić information content (AvgIpc) is 2.63. The lowest BCUT2D eigenvalue weighted by atomic mass is 9.41. The summed E-state index contributed by atoms with van der Waals surface area (Å²) in [5.41, 5.74) is 2.42. The molecule has 6 atom stereocenters. The molecule has 1 heterocycles. The van der Waals surface area contributed by atoms with Crippen LogP contribution >= 0.6 is 0 Å². The van der Waals surface area contributed by atoms with E-state index in [1.807, 2.05) is 0 Å². The lowest BCUT2D eigenvalue weighted by Crippen LogP contribution is -2.64. The lowest BCUT2D eigenvalue weighted by molar-refractivity contribution is -0.142. The van der Waals surface area contributed by atoms with Crippen molar-refractivity contribution in [3.63, 3.8) is 0 Å². The number of hydrogen-bond donors (Lipinski definition) is 2. The van der Waals surface area contributed by atoms with Gasteiger partial charge in [-0.1, -0.05) is 34.1 Å². The van der Waals surface area contributed by atoms with E-state index in [1.165, 1.54) is 25.7 Å². The molecule has 2 saturated carbocycles. The van der Waals surface area contributed by atoms with E-state index >= 15 is 0 Å². The van der Waals surface area contributed by atoms with Gasteiger partial charge in [0.15, 0.2) is 9.84 Å². The van der Waals surface area contributed by atoms with Gasteiger partial charge in [0, 0.05) is 11.5 Å². The van der Waals surface area contributed by atoms with Gasteiger partial charge >= 0.3 is 0 Å². The quantitative estimate of drug-likeness (QED) is 0.643. The molecule has 3 fully saturated rings. The van der Waals surface area contributed by atoms with E-state index in [9.17, 15) is 18.3 Å². The zero-order valence-corrected chi connectivity index (χ0v) is 19.5. The first kappa shape index (κ1) is 21.9. The second kappa shape index (κ2) is 6.83. The Labute approximate surface area is 180 Å². The van der Waals surface area contributed by atoms with Gasteiger partial charge in [-0.2, -0.15) is 0 Å². The van der Waals surface area contributed by atoms with Crippen LogP contribution in [0.1, 0.15) is 59.8 Å². The third kappa shape index (κ3) is 2.99. The number of rotatable bonds is 2. The highest BCUT2D eigenvalue weighted by molar-refractivity contribution is 7.92. The van der Waals surface area contributed by atoms with Gasteiger partial charge in [-0.05, 0) is 65.9 Å². The number of allylic oxidation sites excluding steroid dienone is 1. The molecule has 0 aromatic rings. The van der Waals surface area contributed by atoms with Gasteiger partial charge in [-0.25, -0.2) is 13.9 Å². The molecule has 0 radical (unpaired) electrons. The van der Waals surface area contributed by atoms with Gasteiger partial charge in [-0.3, -0.25) is 9.63 Å². The first-order chi connectivity index (χ1) is 13.9. The minimum atomic E-state index is -3.53. The maximum absolute atomic E-state index is 13.5. The van der Waals surface area contributed by atoms with E-state index in [0.717, 1.165) is 25.7 Å². The molecule has 0 spiro atoms. The van der Waals surface area contributed by atoms with Crippen LogP contribution in [0.25, 0.3) is 0 Å². The van der Waals surface area contributed by atoms with E-state index in [2.05, 4.69) is 33.2 Å². The third-order valence-electron chi connectivity index (χ3n) is 9.12. The first-order valence-corrected chi connectivity index (χ1v) is 12.8. The monoisotopic (exact) mass is 437 g/mol. The van der Waals surface area contributed by atoms with Gasteiger partial charge in [0.1, 0.15) is 5.76 Å². The van der Waals surface area contributed by atoms with Gasteiger partial charge in [-0.15, -0.1) is 0 Å². The number of amides is 1. The number of sulfone groups is 1. The van der Waals surface area contributed by atoms with Crippen LogP contribution in [0, 0.1) is 34.0 Å². The predicted octanol–water partition coefficient (Wildman–Crippen LogP) is 3.71. The van der Waals surface area contributed by atoms with Crippen LogP contribution in [0.4, 0.5) is 0 Å². The number of aliphatic hydroxyl groups excluding tert-OH is 1. The second-order valence-corrected chi connectivity index (χ2v) is 13.3. The summed E-state index contributed by atoms with van der Waals surface area (Å²) in [7, 11) is -2.18. The number of fused-ring (bicyclic) bond motifs is 5. The number of aliphatic hydroxyl groups is 1. The van der Waals surface area contributed by atoms with Crippen LogP contribution in [0.5, 0.6) is 0 Å². The van der Waals surface area contributed by atoms with Crippen molar-refractivity contribution < 1.29 is 23.2 Å². The second-order valence-electron chi connectivity index (χ2n) is 11.1. The van der Waals surface area contributed by atoms with Crippen molar-refractivity contribution in [1.82, 2.24) is 5.48 Å². The van der Waals surface area contributed by atoms with Gasteiger partial charge < -0.3 is 5.11 Å². The highest BCUT2D eigenvalue weighted by atomic mass is 32.2. The SMILES string of the molecule is CONC(=O)C1=CC(O)=CC2C1[C@]1(C)CC[C@H]3C(C)(C)CCC[C@]3(C)[C@H]1CS2(=O)=O. The van der Waals surface area contributed by atoms with Crippen molar-refractivity contribution >= 4 is 15.7 Å². The average molecular weight is 438 g/mol. The molecular formula is C23H35NO5S. The van der Waals surface area contributed by atoms with Crippen molar-refractivity contribution in [3.8, 4) is 0 Å². The number of carbonyl (C=O) groups is 1. The topological polar surface area (TPSA) is 92.7 Å². The van der Waals surface area contributed by atoms with Crippen LogP contribution in [-0.4, -0.2) is 37.5 Å². The molecule has 1 aliphatic heterocycles. The molecule has 2 N–H and O–H groups in total. The third-order valence-corrected chi connectivity index (χ3v) is 11.2. The molecule has 0 aromatic heterocycles. The molecule has 6 nitrogen and oxygen atoms in total. The molecule has 168 valence electrons. The Kier molecular flexibility index (Phi) is 4.98. The first-order valence-electron chi connectivity index (χ1n) is 11.0. The molecule has 2 unspecified atom stereocenters. The maximum Gasteiger partial charge on any atom is 0.271 e. The molecule has 4 rings (SSSR count).